The Hall–Kier alpha value is -3.60. The molecule has 0 saturated carbocycles. The predicted molar refractivity (Wildman–Crippen MR) is 104 cm³/mol. The van der Waals surface area contributed by atoms with Gasteiger partial charge < -0.3 is 9.47 Å². The minimum Gasteiger partial charge on any atom is -0.493 e. The third-order valence-corrected chi connectivity index (χ3v) is 4.37. The number of hydrogen-bond acceptors (Lipinski definition) is 4. The normalized spacial score (nSPS) is 11.4. The summed E-state index contributed by atoms with van der Waals surface area (Å²) in [6.07, 6.45) is 0. The number of amides is 1. The van der Waals surface area contributed by atoms with E-state index in [1.807, 2.05) is 48.5 Å². The number of hydrogen-bond donors (Lipinski definition) is 1. The molecular formula is C22H18N2O3. The number of ether oxygens (including phenoxy) is 2. The summed E-state index contributed by atoms with van der Waals surface area (Å²) in [7, 11) is 1.56. The van der Waals surface area contributed by atoms with Crippen molar-refractivity contribution in [3.8, 4) is 22.6 Å². The number of rotatable bonds is 5. The molecule has 0 bridgehead atoms. The van der Waals surface area contributed by atoms with Gasteiger partial charge in [0.05, 0.1) is 12.8 Å². The van der Waals surface area contributed by atoms with Gasteiger partial charge in [0, 0.05) is 11.1 Å². The van der Waals surface area contributed by atoms with Gasteiger partial charge in [-0.05, 0) is 23.3 Å². The molecular weight excluding hydrogens is 340 g/mol. The van der Waals surface area contributed by atoms with Crippen molar-refractivity contribution in [2.45, 2.75) is 0 Å². The molecule has 1 aliphatic carbocycles. The largest absolute Gasteiger partial charge is 0.493 e. The molecule has 3 aromatic carbocycles. The van der Waals surface area contributed by atoms with Gasteiger partial charge in [-0.3, -0.25) is 4.79 Å². The lowest BCUT2D eigenvalue weighted by atomic mass is 10.1. The van der Waals surface area contributed by atoms with E-state index in [0.717, 1.165) is 28.0 Å². The van der Waals surface area contributed by atoms with Crippen LogP contribution in [0.25, 0.3) is 11.1 Å². The highest BCUT2D eigenvalue weighted by atomic mass is 16.5. The fourth-order valence-corrected chi connectivity index (χ4v) is 3.15. The maximum Gasteiger partial charge on any atom is 0.277 e. The summed E-state index contributed by atoms with van der Waals surface area (Å²) in [6, 6.07) is 23.2. The maximum absolute atomic E-state index is 12.2. The summed E-state index contributed by atoms with van der Waals surface area (Å²) >= 11 is 0. The molecule has 4 rings (SSSR count). The lowest BCUT2D eigenvalue weighted by molar-refractivity contribution is -0.123. The minimum absolute atomic E-state index is 0.152. The van der Waals surface area contributed by atoms with Gasteiger partial charge in [0.2, 0.25) is 0 Å². The highest BCUT2D eigenvalue weighted by Gasteiger charge is 2.24. The Labute approximate surface area is 157 Å². The van der Waals surface area contributed by atoms with Gasteiger partial charge in [-0.2, -0.15) is 5.10 Å². The molecule has 0 fully saturated rings. The number of fused-ring (bicyclic) bond motifs is 3. The van der Waals surface area contributed by atoms with Crippen LogP contribution < -0.4 is 14.9 Å². The first kappa shape index (κ1) is 16.8. The van der Waals surface area contributed by atoms with E-state index in [4.69, 9.17) is 9.47 Å². The molecule has 0 spiro atoms. The highest BCUT2D eigenvalue weighted by molar-refractivity contribution is 6.24. The Morgan fingerprint density at radius 2 is 1.33 bits per heavy atom. The average Bonchev–Trinajstić information content (AvgIpc) is 3.05. The van der Waals surface area contributed by atoms with E-state index in [1.165, 1.54) is 0 Å². The van der Waals surface area contributed by atoms with Crippen LogP contribution in [0, 0.1) is 0 Å². The molecule has 1 aliphatic rings. The van der Waals surface area contributed by atoms with Crippen molar-refractivity contribution in [2.24, 2.45) is 5.10 Å². The summed E-state index contributed by atoms with van der Waals surface area (Å²) in [6.45, 7) is -0.152. The smallest absolute Gasteiger partial charge is 0.277 e. The van der Waals surface area contributed by atoms with Crippen molar-refractivity contribution in [3.63, 3.8) is 0 Å². The number of hydrazone groups is 1. The molecule has 1 amide bonds. The maximum atomic E-state index is 12.2. The quantitative estimate of drug-likeness (QED) is 0.554. The van der Waals surface area contributed by atoms with E-state index < -0.39 is 0 Å². The third kappa shape index (κ3) is 3.27. The third-order valence-electron chi connectivity index (χ3n) is 4.37. The number of nitrogens with one attached hydrogen (secondary N) is 1. The van der Waals surface area contributed by atoms with Gasteiger partial charge in [0.25, 0.3) is 5.91 Å². The second-order valence-electron chi connectivity index (χ2n) is 6.03. The molecule has 0 aromatic heterocycles. The van der Waals surface area contributed by atoms with Crippen LogP contribution in [0.2, 0.25) is 0 Å². The van der Waals surface area contributed by atoms with E-state index in [-0.39, 0.29) is 12.5 Å². The van der Waals surface area contributed by atoms with E-state index in [1.54, 1.807) is 19.2 Å². The van der Waals surface area contributed by atoms with Crippen LogP contribution >= 0.6 is 0 Å². The Morgan fingerprint density at radius 3 is 1.93 bits per heavy atom. The second kappa shape index (κ2) is 7.33. The zero-order valence-corrected chi connectivity index (χ0v) is 14.8. The summed E-state index contributed by atoms with van der Waals surface area (Å²) < 4.78 is 10.8. The van der Waals surface area contributed by atoms with Crippen molar-refractivity contribution >= 4 is 11.6 Å². The van der Waals surface area contributed by atoms with Crippen LogP contribution in [0.1, 0.15) is 11.1 Å². The first-order valence-electron chi connectivity index (χ1n) is 8.59. The SMILES string of the molecule is COc1ccccc1OCC(=O)NN=C1c2ccccc2-c2ccccc21. The number of para-hydroxylation sites is 2. The van der Waals surface area contributed by atoms with Gasteiger partial charge in [0.15, 0.2) is 18.1 Å². The lowest BCUT2D eigenvalue weighted by Gasteiger charge is -2.09. The van der Waals surface area contributed by atoms with Crippen LogP contribution in [-0.4, -0.2) is 25.3 Å². The molecule has 5 nitrogen and oxygen atoms in total. The van der Waals surface area contributed by atoms with Crippen molar-refractivity contribution in [3.05, 3.63) is 83.9 Å². The monoisotopic (exact) mass is 358 g/mol. The number of methoxy groups -OCH3 is 1. The van der Waals surface area contributed by atoms with Crippen LogP contribution in [0.4, 0.5) is 0 Å². The first-order valence-corrected chi connectivity index (χ1v) is 8.59. The molecule has 134 valence electrons. The van der Waals surface area contributed by atoms with Gasteiger partial charge in [-0.1, -0.05) is 60.7 Å². The number of benzene rings is 3. The standard InChI is InChI=1S/C22H18N2O3/c1-26-19-12-6-7-13-20(19)27-14-21(25)23-24-22-17-10-4-2-8-15(17)16-9-3-5-11-18(16)22/h2-13H,14H2,1H3,(H,23,25). The van der Waals surface area contributed by atoms with Crippen molar-refractivity contribution in [2.75, 3.05) is 13.7 Å². The molecule has 0 heterocycles. The zero-order valence-electron chi connectivity index (χ0n) is 14.8. The van der Waals surface area contributed by atoms with Gasteiger partial charge in [-0.15, -0.1) is 0 Å². The summed E-state index contributed by atoms with van der Waals surface area (Å²) in [5.41, 5.74) is 7.60. The molecule has 0 radical (unpaired) electrons. The lowest BCUT2D eigenvalue weighted by Crippen LogP contribution is -2.26. The fraction of sp³-hybridized carbons (Fsp3) is 0.0909. The second-order valence-corrected chi connectivity index (χ2v) is 6.03. The zero-order chi connectivity index (χ0) is 18.6. The van der Waals surface area contributed by atoms with Gasteiger partial charge in [-0.25, -0.2) is 5.43 Å². The van der Waals surface area contributed by atoms with Gasteiger partial charge >= 0.3 is 0 Å². The van der Waals surface area contributed by atoms with Crippen LogP contribution in [0.5, 0.6) is 11.5 Å². The van der Waals surface area contributed by atoms with Crippen molar-refractivity contribution in [1.29, 1.82) is 0 Å². The number of carbonyl (C=O) groups is 1. The van der Waals surface area contributed by atoms with Crippen molar-refractivity contribution < 1.29 is 14.3 Å². The highest BCUT2D eigenvalue weighted by Crippen LogP contribution is 2.36. The Balaban J connectivity index is 1.50. The van der Waals surface area contributed by atoms with Crippen LogP contribution in [0.15, 0.2) is 77.9 Å². The summed E-state index contributed by atoms with van der Waals surface area (Å²) in [5, 5.41) is 4.37. The molecule has 27 heavy (non-hydrogen) atoms. The molecule has 0 unspecified atom stereocenters. The Morgan fingerprint density at radius 1 is 0.815 bits per heavy atom. The van der Waals surface area contributed by atoms with Crippen molar-refractivity contribution in [1.82, 2.24) is 5.43 Å². The van der Waals surface area contributed by atoms with E-state index >= 15 is 0 Å². The average molecular weight is 358 g/mol. The fourth-order valence-electron chi connectivity index (χ4n) is 3.15. The Kier molecular flexibility index (Phi) is 4.58. The summed E-state index contributed by atoms with van der Waals surface area (Å²) in [5.74, 6) is 0.755. The molecule has 1 N–H and O–H groups in total. The molecule has 0 atom stereocenters. The predicted octanol–water partition coefficient (Wildman–Crippen LogP) is 3.62. The minimum atomic E-state index is -0.338. The Bertz CT molecular complexity index is 980. The number of carbonyl (C=O) groups excluding carboxylic acids is 1. The number of nitrogens with zero attached hydrogens (tertiary/aromatic N) is 1. The van der Waals surface area contributed by atoms with Gasteiger partial charge in [0.1, 0.15) is 0 Å². The first-order chi connectivity index (χ1) is 13.3. The topological polar surface area (TPSA) is 59.9 Å². The van der Waals surface area contributed by atoms with E-state index in [2.05, 4.69) is 22.7 Å². The molecule has 5 heteroatoms. The molecule has 3 aromatic rings. The van der Waals surface area contributed by atoms with Crippen LogP contribution in [-0.2, 0) is 4.79 Å². The van der Waals surface area contributed by atoms with Crippen LogP contribution in [0.3, 0.4) is 0 Å². The molecule has 0 aliphatic heterocycles. The van der Waals surface area contributed by atoms with E-state index in [0.29, 0.717) is 11.5 Å². The summed E-state index contributed by atoms with van der Waals surface area (Å²) in [4.78, 5) is 12.2. The molecule has 0 saturated heterocycles. The van der Waals surface area contributed by atoms with E-state index in [9.17, 15) is 4.79 Å².